The quantitative estimate of drug-likeness (QED) is 0.359. The molecular weight excluding hydrogens is 464 g/mol. The molecule has 190 valence electrons. The molecule has 8 nitrogen and oxygen atoms in total. The van der Waals surface area contributed by atoms with E-state index < -0.39 is 0 Å². The molecule has 4 aromatic rings. The van der Waals surface area contributed by atoms with Gasteiger partial charge in [-0.2, -0.15) is 0 Å². The smallest absolute Gasteiger partial charge is 0.309 e. The third kappa shape index (κ3) is 5.06. The average Bonchev–Trinajstić information content (AvgIpc) is 3.51. The molecule has 1 aromatic carbocycles. The van der Waals surface area contributed by atoms with Gasteiger partial charge in [-0.1, -0.05) is 12.1 Å². The first-order valence-corrected chi connectivity index (χ1v) is 13.0. The first kappa shape index (κ1) is 23.6. The van der Waals surface area contributed by atoms with E-state index in [0.717, 1.165) is 83.8 Å². The van der Waals surface area contributed by atoms with Gasteiger partial charge in [-0.25, -0.2) is 4.98 Å². The lowest BCUT2D eigenvalue weighted by Gasteiger charge is -2.34. The summed E-state index contributed by atoms with van der Waals surface area (Å²) in [5, 5.41) is 4.57. The monoisotopic (exact) mass is 496 g/mol. The Labute approximate surface area is 216 Å². The summed E-state index contributed by atoms with van der Waals surface area (Å²) in [6, 6.07) is 14.3. The number of hydrogen-bond acceptors (Lipinski definition) is 7. The molecule has 3 aromatic heterocycles. The van der Waals surface area contributed by atoms with Crippen LogP contribution in [0.25, 0.3) is 33.5 Å². The lowest BCUT2D eigenvalue weighted by Crippen LogP contribution is -2.37. The number of aromatic amines is 1. The number of anilines is 1. The topological polar surface area (TPSA) is 96.0 Å². The van der Waals surface area contributed by atoms with Crippen molar-refractivity contribution in [2.75, 3.05) is 32.0 Å². The molecule has 6 rings (SSSR count). The van der Waals surface area contributed by atoms with Gasteiger partial charge in [0.05, 0.1) is 46.7 Å². The molecule has 0 amide bonds. The van der Waals surface area contributed by atoms with Gasteiger partial charge in [-0.15, -0.1) is 0 Å². The minimum Gasteiger partial charge on any atom is -0.461 e. The average molecular weight is 497 g/mol. The highest BCUT2D eigenvalue weighted by Gasteiger charge is 2.37. The van der Waals surface area contributed by atoms with Crippen LogP contribution in [0.3, 0.4) is 0 Å². The van der Waals surface area contributed by atoms with Crippen molar-refractivity contribution in [3.05, 3.63) is 60.7 Å². The van der Waals surface area contributed by atoms with Crippen LogP contribution in [0.2, 0.25) is 0 Å². The Morgan fingerprint density at radius 1 is 1.19 bits per heavy atom. The molecule has 2 aliphatic rings. The van der Waals surface area contributed by atoms with Crippen molar-refractivity contribution in [3.63, 3.8) is 0 Å². The summed E-state index contributed by atoms with van der Waals surface area (Å²) in [4.78, 5) is 31.8. The Hall–Kier alpha value is -3.78. The fraction of sp³-hybridized carbons (Fsp3) is 0.379. The number of carbonyl (C=O) groups is 1. The van der Waals surface area contributed by atoms with Crippen molar-refractivity contribution in [2.24, 2.45) is 11.8 Å². The number of nitrogens with zero attached hydrogens (tertiary/aromatic N) is 4. The summed E-state index contributed by atoms with van der Waals surface area (Å²) >= 11 is 0. The maximum Gasteiger partial charge on any atom is 0.309 e. The number of likely N-dealkylation sites (tertiary alicyclic amines) is 1. The number of aryl methyl sites for hydroxylation is 1. The molecule has 2 N–H and O–H groups in total. The number of aromatic nitrogens is 4. The first-order chi connectivity index (χ1) is 18.0. The zero-order valence-corrected chi connectivity index (χ0v) is 21.3. The van der Waals surface area contributed by atoms with Crippen molar-refractivity contribution < 1.29 is 9.53 Å². The second kappa shape index (κ2) is 9.94. The number of H-pyrrole nitrogens is 1. The Bertz CT molecular complexity index is 1430. The predicted molar refractivity (Wildman–Crippen MR) is 144 cm³/mol. The fourth-order valence-electron chi connectivity index (χ4n) is 5.37. The van der Waals surface area contributed by atoms with E-state index in [0.29, 0.717) is 5.92 Å². The number of imidazole rings is 1. The van der Waals surface area contributed by atoms with Crippen LogP contribution in [-0.4, -0.2) is 63.6 Å². The minimum atomic E-state index is -0.0185. The molecule has 1 aliphatic heterocycles. The zero-order valence-electron chi connectivity index (χ0n) is 21.3. The van der Waals surface area contributed by atoms with E-state index in [1.54, 1.807) is 6.33 Å². The van der Waals surface area contributed by atoms with Crippen LogP contribution in [-0.2, 0) is 9.53 Å². The highest BCUT2D eigenvalue weighted by molar-refractivity contribution is 5.88. The summed E-state index contributed by atoms with van der Waals surface area (Å²) in [6.45, 7) is 4.67. The Morgan fingerprint density at radius 2 is 2.08 bits per heavy atom. The van der Waals surface area contributed by atoms with Crippen LogP contribution in [0.4, 0.5) is 5.69 Å². The van der Waals surface area contributed by atoms with Gasteiger partial charge in [-0.05, 0) is 69.5 Å². The van der Waals surface area contributed by atoms with E-state index in [9.17, 15) is 4.79 Å². The van der Waals surface area contributed by atoms with Crippen LogP contribution in [0.1, 0.15) is 25.0 Å². The van der Waals surface area contributed by atoms with Gasteiger partial charge in [0, 0.05) is 36.3 Å². The van der Waals surface area contributed by atoms with E-state index in [1.165, 1.54) is 0 Å². The highest BCUT2D eigenvalue weighted by Crippen LogP contribution is 2.36. The second-order valence-corrected chi connectivity index (χ2v) is 10.4. The summed E-state index contributed by atoms with van der Waals surface area (Å²) in [5.74, 6) is 0.496. The second-order valence-electron chi connectivity index (χ2n) is 10.4. The van der Waals surface area contributed by atoms with Gasteiger partial charge in [0.1, 0.15) is 6.10 Å². The SMILES string of the molecule is Cc1cccc(-c2[nH]cnc2-c2ccc3ncc(NC[C@H]4C[C@@H](C(=O)O[C@H]5CCN(C)C5)C4)cc3c2)n1. The van der Waals surface area contributed by atoms with Gasteiger partial charge in [-0.3, -0.25) is 14.8 Å². The zero-order chi connectivity index (χ0) is 25.4. The van der Waals surface area contributed by atoms with Crippen LogP contribution >= 0.6 is 0 Å². The maximum atomic E-state index is 12.4. The van der Waals surface area contributed by atoms with Crippen LogP contribution < -0.4 is 5.32 Å². The maximum absolute atomic E-state index is 12.4. The highest BCUT2D eigenvalue weighted by atomic mass is 16.5. The molecule has 1 saturated heterocycles. The number of nitrogens with one attached hydrogen (secondary N) is 2. The van der Waals surface area contributed by atoms with Crippen molar-refractivity contribution >= 4 is 22.6 Å². The predicted octanol–water partition coefficient (Wildman–Crippen LogP) is 4.68. The lowest BCUT2D eigenvalue weighted by atomic mass is 9.75. The largest absolute Gasteiger partial charge is 0.461 e. The molecule has 4 heterocycles. The summed E-state index contributed by atoms with van der Waals surface area (Å²) in [5.41, 5.74) is 6.54. The van der Waals surface area contributed by atoms with Gasteiger partial charge < -0.3 is 19.9 Å². The van der Waals surface area contributed by atoms with Gasteiger partial charge in [0.25, 0.3) is 0 Å². The van der Waals surface area contributed by atoms with E-state index in [1.807, 2.05) is 37.4 Å². The number of carbonyl (C=O) groups excluding carboxylic acids is 1. The molecule has 37 heavy (non-hydrogen) atoms. The van der Waals surface area contributed by atoms with Gasteiger partial charge >= 0.3 is 5.97 Å². The van der Waals surface area contributed by atoms with Crippen molar-refractivity contribution in [1.29, 1.82) is 0 Å². The minimum absolute atomic E-state index is 0.0185. The first-order valence-electron chi connectivity index (χ1n) is 13.0. The molecule has 1 aliphatic carbocycles. The summed E-state index contributed by atoms with van der Waals surface area (Å²) < 4.78 is 5.71. The van der Waals surface area contributed by atoms with Crippen molar-refractivity contribution in [3.8, 4) is 22.6 Å². The molecule has 0 unspecified atom stereocenters. The number of pyridine rings is 2. The molecule has 2 fully saturated rings. The Balaban J connectivity index is 1.09. The van der Waals surface area contributed by atoms with Gasteiger partial charge in [0.15, 0.2) is 0 Å². The Kier molecular flexibility index (Phi) is 6.34. The molecule has 1 atom stereocenters. The Morgan fingerprint density at radius 3 is 2.89 bits per heavy atom. The number of hydrogen-bond donors (Lipinski definition) is 2. The normalized spacial score (nSPS) is 21.6. The molecule has 8 heteroatoms. The standard InChI is InChI=1S/C29H32N6O2/c1-18-4-3-5-26(34-18)28-27(32-17-33-28)20-6-7-25-21(12-20)13-23(15-31-25)30-14-19-10-22(11-19)29(36)37-24-8-9-35(2)16-24/h3-7,12-13,15,17,19,22,24,30H,8-11,14,16H2,1-2H3,(H,32,33)/t19-,22+,24-/m0/s1. The summed E-state index contributed by atoms with van der Waals surface area (Å²) in [7, 11) is 2.07. The molecule has 0 radical (unpaired) electrons. The summed E-state index contributed by atoms with van der Waals surface area (Å²) in [6.07, 6.45) is 6.36. The van der Waals surface area contributed by atoms with E-state index in [4.69, 9.17) is 4.74 Å². The van der Waals surface area contributed by atoms with Crippen LogP contribution in [0.5, 0.6) is 0 Å². The van der Waals surface area contributed by atoms with Crippen molar-refractivity contribution in [1.82, 2.24) is 24.8 Å². The molecule has 0 spiro atoms. The fourth-order valence-corrected chi connectivity index (χ4v) is 5.37. The lowest BCUT2D eigenvalue weighted by molar-refractivity contribution is -0.158. The third-order valence-corrected chi connectivity index (χ3v) is 7.53. The van der Waals surface area contributed by atoms with E-state index in [-0.39, 0.29) is 18.0 Å². The van der Waals surface area contributed by atoms with Crippen LogP contribution in [0, 0.1) is 18.8 Å². The third-order valence-electron chi connectivity index (χ3n) is 7.53. The van der Waals surface area contributed by atoms with E-state index in [2.05, 4.69) is 55.4 Å². The van der Waals surface area contributed by atoms with Crippen LogP contribution in [0.15, 0.2) is 55.0 Å². The number of esters is 1. The van der Waals surface area contributed by atoms with Gasteiger partial charge in [0.2, 0.25) is 0 Å². The number of likely N-dealkylation sites (N-methyl/N-ethyl adjacent to an activating group) is 1. The van der Waals surface area contributed by atoms with Crippen molar-refractivity contribution in [2.45, 2.75) is 32.3 Å². The molecule has 1 saturated carbocycles. The molecule has 0 bridgehead atoms. The van der Waals surface area contributed by atoms with E-state index >= 15 is 0 Å². The number of fused-ring (bicyclic) bond motifs is 1. The number of ether oxygens (including phenoxy) is 1. The number of rotatable bonds is 7. The number of benzene rings is 1. The molecular formula is C29H32N6O2.